The molecular formula is C11H13N3O2S. The Bertz CT molecular complexity index is 622. The highest BCUT2D eigenvalue weighted by Gasteiger charge is 2.24. The molecule has 0 fully saturated rings. The van der Waals surface area contributed by atoms with Crippen LogP contribution >= 0.6 is 0 Å². The second-order valence-electron chi connectivity index (χ2n) is 4.04. The Morgan fingerprint density at radius 1 is 1.12 bits per heavy atom. The van der Waals surface area contributed by atoms with Crippen molar-refractivity contribution in [1.82, 2.24) is 15.4 Å². The Kier molecular flexibility index (Phi) is 2.74. The van der Waals surface area contributed by atoms with Crippen molar-refractivity contribution in [2.24, 2.45) is 0 Å². The van der Waals surface area contributed by atoms with Gasteiger partial charge in [-0.05, 0) is 31.9 Å². The van der Waals surface area contributed by atoms with E-state index < -0.39 is 9.84 Å². The summed E-state index contributed by atoms with van der Waals surface area (Å²) < 4.78 is 24.7. The molecule has 0 saturated heterocycles. The van der Waals surface area contributed by atoms with Gasteiger partial charge in [0.25, 0.3) is 0 Å². The summed E-state index contributed by atoms with van der Waals surface area (Å²) in [7, 11) is -3.58. The lowest BCUT2D eigenvalue weighted by Gasteiger charge is -2.10. The van der Waals surface area contributed by atoms with Gasteiger partial charge in [0.15, 0.2) is 0 Å². The van der Waals surface area contributed by atoms with E-state index >= 15 is 0 Å². The van der Waals surface area contributed by atoms with Crippen molar-refractivity contribution in [3.63, 3.8) is 0 Å². The fourth-order valence-corrected chi connectivity index (χ4v) is 3.54. The van der Waals surface area contributed by atoms with Crippen LogP contribution in [0.2, 0.25) is 0 Å². The summed E-state index contributed by atoms with van der Waals surface area (Å²) >= 11 is 0. The van der Waals surface area contributed by atoms with E-state index in [0.717, 1.165) is 16.7 Å². The third-order valence-electron chi connectivity index (χ3n) is 2.54. The Morgan fingerprint density at radius 2 is 1.71 bits per heavy atom. The number of sulfone groups is 1. The number of benzene rings is 1. The average molecular weight is 251 g/mol. The van der Waals surface area contributed by atoms with Crippen molar-refractivity contribution >= 4 is 9.84 Å². The number of aryl methyl sites for hydroxylation is 3. The molecule has 1 heterocycles. The van der Waals surface area contributed by atoms with Crippen LogP contribution in [-0.4, -0.2) is 23.8 Å². The quantitative estimate of drug-likeness (QED) is 0.878. The van der Waals surface area contributed by atoms with Gasteiger partial charge in [-0.15, -0.1) is 5.10 Å². The maximum Gasteiger partial charge on any atom is 0.227 e. The zero-order valence-electron chi connectivity index (χ0n) is 9.85. The largest absolute Gasteiger partial charge is 0.227 e. The van der Waals surface area contributed by atoms with Crippen molar-refractivity contribution in [2.75, 3.05) is 0 Å². The summed E-state index contributed by atoms with van der Waals surface area (Å²) in [6, 6.07) is 3.69. The van der Waals surface area contributed by atoms with Gasteiger partial charge in [-0.2, -0.15) is 10.3 Å². The van der Waals surface area contributed by atoms with Gasteiger partial charge < -0.3 is 0 Å². The average Bonchev–Trinajstić information content (AvgIpc) is 2.67. The van der Waals surface area contributed by atoms with E-state index in [1.54, 1.807) is 13.8 Å². The minimum atomic E-state index is -3.58. The molecule has 1 N–H and O–H groups in total. The third-order valence-corrected chi connectivity index (χ3v) is 4.47. The van der Waals surface area contributed by atoms with Crippen LogP contribution < -0.4 is 0 Å². The SMILES string of the molecule is Cc1cc(C)c(S(=O)(=O)c2cn[nH]n2)c(C)c1. The maximum absolute atomic E-state index is 12.3. The lowest BCUT2D eigenvalue weighted by molar-refractivity contribution is 0.590. The molecule has 90 valence electrons. The van der Waals surface area contributed by atoms with E-state index in [0.29, 0.717) is 4.90 Å². The molecule has 2 aromatic rings. The van der Waals surface area contributed by atoms with Crippen molar-refractivity contribution in [1.29, 1.82) is 0 Å². The predicted octanol–water partition coefficient (Wildman–Crippen LogP) is 1.56. The van der Waals surface area contributed by atoms with Crippen LogP contribution in [0.5, 0.6) is 0 Å². The molecule has 0 saturated carbocycles. The van der Waals surface area contributed by atoms with Crippen LogP contribution in [0.15, 0.2) is 28.3 Å². The first kappa shape index (κ1) is 11.8. The molecule has 0 amide bonds. The number of rotatable bonds is 2. The fraction of sp³-hybridized carbons (Fsp3) is 0.273. The molecule has 0 spiro atoms. The number of hydrogen-bond donors (Lipinski definition) is 1. The number of aromatic nitrogens is 3. The maximum atomic E-state index is 12.3. The molecule has 0 atom stereocenters. The number of aromatic amines is 1. The van der Waals surface area contributed by atoms with Crippen molar-refractivity contribution in [2.45, 2.75) is 30.7 Å². The monoisotopic (exact) mass is 251 g/mol. The van der Waals surface area contributed by atoms with Crippen molar-refractivity contribution < 1.29 is 8.42 Å². The smallest absolute Gasteiger partial charge is 0.217 e. The Morgan fingerprint density at radius 3 is 2.18 bits per heavy atom. The summed E-state index contributed by atoms with van der Waals surface area (Å²) in [5.74, 6) is 0. The highest BCUT2D eigenvalue weighted by atomic mass is 32.2. The van der Waals surface area contributed by atoms with Gasteiger partial charge in [0, 0.05) is 0 Å². The second-order valence-corrected chi connectivity index (χ2v) is 5.87. The van der Waals surface area contributed by atoms with Crippen LogP contribution in [0, 0.1) is 20.8 Å². The number of nitrogens with one attached hydrogen (secondary N) is 1. The molecule has 0 unspecified atom stereocenters. The van der Waals surface area contributed by atoms with Crippen LogP contribution in [0.25, 0.3) is 0 Å². The Labute approximate surface area is 99.8 Å². The number of H-pyrrole nitrogens is 1. The standard InChI is InChI=1S/C11H13N3O2S/c1-7-4-8(2)11(9(3)5-7)17(15,16)10-6-12-14-13-10/h4-6H,1-3H3,(H,12,13,14). The molecule has 6 heteroatoms. The minimum absolute atomic E-state index is 0.0486. The van der Waals surface area contributed by atoms with Crippen molar-refractivity contribution in [3.05, 3.63) is 35.0 Å². The van der Waals surface area contributed by atoms with Gasteiger partial charge in [-0.1, -0.05) is 17.7 Å². The first-order chi connectivity index (χ1) is 7.93. The van der Waals surface area contributed by atoms with Gasteiger partial charge in [0.05, 0.1) is 11.1 Å². The molecule has 0 aliphatic heterocycles. The summed E-state index contributed by atoms with van der Waals surface area (Å²) in [5.41, 5.74) is 2.50. The predicted molar refractivity (Wildman–Crippen MR) is 62.5 cm³/mol. The van der Waals surface area contributed by atoms with E-state index in [9.17, 15) is 8.42 Å². The first-order valence-corrected chi connectivity index (χ1v) is 6.60. The molecular weight excluding hydrogens is 238 g/mol. The van der Waals surface area contributed by atoms with Crippen LogP contribution in [-0.2, 0) is 9.84 Å². The van der Waals surface area contributed by atoms with E-state index in [1.807, 2.05) is 19.1 Å². The van der Waals surface area contributed by atoms with Gasteiger partial charge in [-0.25, -0.2) is 8.42 Å². The molecule has 0 radical (unpaired) electrons. The summed E-state index contributed by atoms with van der Waals surface area (Å²) in [4.78, 5) is 0.317. The van der Waals surface area contributed by atoms with Crippen molar-refractivity contribution in [3.8, 4) is 0 Å². The van der Waals surface area contributed by atoms with E-state index in [4.69, 9.17) is 0 Å². The topological polar surface area (TPSA) is 75.7 Å². The van der Waals surface area contributed by atoms with E-state index in [2.05, 4.69) is 15.4 Å². The Balaban J connectivity index is 2.71. The normalized spacial score (nSPS) is 11.7. The number of hydrogen-bond acceptors (Lipinski definition) is 4. The minimum Gasteiger partial charge on any atom is -0.217 e. The van der Waals surface area contributed by atoms with Gasteiger partial charge in [0.2, 0.25) is 14.9 Å². The van der Waals surface area contributed by atoms with E-state index in [-0.39, 0.29) is 5.03 Å². The highest BCUT2D eigenvalue weighted by molar-refractivity contribution is 7.91. The molecule has 0 aliphatic carbocycles. The summed E-state index contributed by atoms with van der Waals surface area (Å²) in [6.45, 7) is 5.51. The summed E-state index contributed by atoms with van der Waals surface area (Å²) in [6.07, 6.45) is 1.22. The third kappa shape index (κ3) is 1.95. The van der Waals surface area contributed by atoms with Gasteiger partial charge in [0.1, 0.15) is 0 Å². The van der Waals surface area contributed by atoms with E-state index in [1.165, 1.54) is 6.20 Å². The highest BCUT2D eigenvalue weighted by Crippen LogP contribution is 2.26. The number of nitrogens with zero attached hydrogens (tertiary/aromatic N) is 2. The van der Waals surface area contributed by atoms with Gasteiger partial charge >= 0.3 is 0 Å². The molecule has 0 bridgehead atoms. The zero-order valence-corrected chi connectivity index (χ0v) is 10.7. The molecule has 2 rings (SSSR count). The molecule has 0 aliphatic rings. The lowest BCUT2D eigenvalue weighted by Crippen LogP contribution is -2.07. The van der Waals surface area contributed by atoms with Crippen LogP contribution in [0.1, 0.15) is 16.7 Å². The molecule has 1 aromatic heterocycles. The lowest BCUT2D eigenvalue weighted by atomic mass is 10.1. The van der Waals surface area contributed by atoms with Gasteiger partial charge in [-0.3, -0.25) is 0 Å². The Hall–Kier alpha value is -1.69. The molecule has 5 nitrogen and oxygen atoms in total. The van der Waals surface area contributed by atoms with Crippen LogP contribution in [0.4, 0.5) is 0 Å². The first-order valence-electron chi connectivity index (χ1n) is 5.11. The summed E-state index contributed by atoms with van der Waals surface area (Å²) in [5, 5.41) is 9.45. The second kappa shape index (κ2) is 3.96. The van der Waals surface area contributed by atoms with Crippen LogP contribution in [0.3, 0.4) is 0 Å². The zero-order chi connectivity index (χ0) is 12.6. The molecule has 17 heavy (non-hydrogen) atoms. The molecule has 1 aromatic carbocycles. The fourth-order valence-electron chi connectivity index (χ4n) is 2.02.